The molecule has 0 fully saturated rings. The van der Waals surface area contributed by atoms with Crippen LogP contribution in [0.25, 0.3) is 0 Å². The van der Waals surface area contributed by atoms with E-state index in [0.29, 0.717) is 0 Å². The normalized spacial score (nSPS) is 0. The average molecular weight is 221 g/mol. The van der Waals surface area contributed by atoms with Crippen molar-refractivity contribution in [2.75, 3.05) is 0 Å². The van der Waals surface area contributed by atoms with Gasteiger partial charge in [-0.25, -0.2) is 0 Å². The van der Waals surface area contributed by atoms with Crippen molar-refractivity contribution < 1.29 is 54.6 Å². The minimum atomic E-state index is 0. The molecule has 0 aliphatic heterocycles. The van der Waals surface area contributed by atoms with Crippen LogP contribution in [-0.2, 0) is 54.6 Å². The Bertz CT molecular complexity index is 8.00. The molecule has 4 heteroatoms. The molecular formula is BFeMoNi. The van der Waals surface area contributed by atoms with Gasteiger partial charge < -0.3 is 0 Å². The van der Waals surface area contributed by atoms with Crippen molar-refractivity contribution in [1.29, 1.82) is 0 Å². The van der Waals surface area contributed by atoms with E-state index in [1.807, 2.05) is 0 Å². The van der Waals surface area contributed by atoms with E-state index < -0.39 is 0 Å². The van der Waals surface area contributed by atoms with E-state index in [1.165, 1.54) is 0 Å². The monoisotopic (exact) mass is 223 g/mol. The van der Waals surface area contributed by atoms with Crippen LogP contribution in [0.3, 0.4) is 0 Å². The Hall–Kier alpha value is 1.77. The van der Waals surface area contributed by atoms with Crippen LogP contribution in [0.5, 0.6) is 0 Å². The number of hydrogen-bond acceptors (Lipinski definition) is 0. The minimum absolute atomic E-state index is 0. The van der Waals surface area contributed by atoms with Gasteiger partial charge in [0, 0.05) is 63.0 Å². The standard InChI is InChI=1S/B.Fe.Mo.Ni. The first-order chi connectivity index (χ1) is 0. The van der Waals surface area contributed by atoms with Crippen LogP contribution in [0, 0.1) is 0 Å². The predicted molar refractivity (Wildman–Crippen MR) is 5.75 cm³/mol. The van der Waals surface area contributed by atoms with Crippen LogP contribution in [0.1, 0.15) is 0 Å². The topological polar surface area (TPSA) is 0 Å². The Balaban J connectivity index is 0. The zero-order valence-electron chi connectivity index (χ0n) is 1.66. The molecule has 0 N–H and O–H groups in total. The molecule has 0 rings (SSSR count). The largest absolute Gasteiger partial charge is 0 e. The first-order valence-corrected chi connectivity index (χ1v) is 0. The molecule has 0 saturated heterocycles. The van der Waals surface area contributed by atoms with Crippen molar-refractivity contribution in [3.05, 3.63) is 0 Å². The summed E-state index contributed by atoms with van der Waals surface area (Å²) in [6, 6.07) is 0. The quantitative estimate of drug-likeness (QED) is 0.489. The van der Waals surface area contributed by atoms with Crippen molar-refractivity contribution >= 4 is 8.41 Å². The molecule has 0 heterocycles. The van der Waals surface area contributed by atoms with Gasteiger partial charge in [0.2, 0.25) is 0 Å². The average Bonchev–Trinajstić information content (AvgIpc) is 0. The van der Waals surface area contributed by atoms with Gasteiger partial charge in [-0.1, -0.05) is 0 Å². The van der Waals surface area contributed by atoms with Crippen molar-refractivity contribution in [2.45, 2.75) is 0 Å². The zero-order valence-corrected chi connectivity index (χ0v) is 5.75. The summed E-state index contributed by atoms with van der Waals surface area (Å²) < 4.78 is 0. The van der Waals surface area contributed by atoms with E-state index in [2.05, 4.69) is 0 Å². The third-order valence-electron chi connectivity index (χ3n) is 0. The minimum Gasteiger partial charge on any atom is 0 e. The van der Waals surface area contributed by atoms with Gasteiger partial charge in [-0.05, 0) is 0 Å². The number of rotatable bonds is 0. The molecule has 3 radical (unpaired) electrons. The van der Waals surface area contributed by atoms with Crippen LogP contribution in [-0.4, -0.2) is 8.41 Å². The first kappa shape index (κ1) is 42.0. The third kappa shape index (κ3) is 9.24. The van der Waals surface area contributed by atoms with E-state index in [-0.39, 0.29) is 63.0 Å². The van der Waals surface area contributed by atoms with Crippen LogP contribution in [0.15, 0.2) is 0 Å². The van der Waals surface area contributed by atoms with Gasteiger partial charge in [-0.3, -0.25) is 0 Å². The Kier molecular flexibility index (Phi) is 227. The van der Waals surface area contributed by atoms with Crippen molar-refractivity contribution in [3.63, 3.8) is 0 Å². The van der Waals surface area contributed by atoms with Gasteiger partial charge in [0.1, 0.15) is 0 Å². The predicted octanol–water partition coefficient (Wildman–Crippen LogP) is -0.388. The molecule has 0 saturated carbocycles. The van der Waals surface area contributed by atoms with Gasteiger partial charge in [-0.2, -0.15) is 0 Å². The van der Waals surface area contributed by atoms with Crippen molar-refractivity contribution in [1.82, 2.24) is 0 Å². The van der Waals surface area contributed by atoms with Gasteiger partial charge in [0.25, 0.3) is 0 Å². The fraction of sp³-hybridized carbons (Fsp3) is 0. The Morgan fingerprint density at radius 1 is 1.00 bits per heavy atom. The molecule has 0 aromatic rings. The van der Waals surface area contributed by atoms with E-state index in [4.69, 9.17) is 0 Å². The molecule has 0 aromatic carbocycles. The van der Waals surface area contributed by atoms with Gasteiger partial charge in [0.05, 0.1) is 0 Å². The molecular weight excluding hydrogens is 221 g/mol. The van der Waals surface area contributed by atoms with E-state index in [0.717, 1.165) is 0 Å². The van der Waals surface area contributed by atoms with E-state index in [9.17, 15) is 0 Å². The molecule has 0 bridgehead atoms. The maximum Gasteiger partial charge on any atom is 0 e. The second-order valence-electron chi connectivity index (χ2n) is 0. The summed E-state index contributed by atoms with van der Waals surface area (Å²) >= 11 is 0. The fourth-order valence-corrected chi connectivity index (χ4v) is 0. The molecule has 0 amide bonds. The molecule has 0 spiro atoms. The Labute approximate surface area is 62.7 Å². The third-order valence-corrected chi connectivity index (χ3v) is 0. The SMILES string of the molecule is [B].[Fe].[Mo].[Ni]. The van der Waals surface area contributed by atoms with Gasteiger partial charge in [-0.15, -0.1) is 0 Å². The maximum atomic E-state index is 0. The Morgan fingerprint density at radius 3 is 1.00 bits per heavy atom. The first-order valence-electron chi connectivity index (χ1n) is 0. The summed E-state index contributed by atoms with van der Waals surface area (Å²) in [7, 11) is 0. The molecule has 0 aromatic heterocycles. The summed E-state index contributed by atoms with van der Waals surface area (Å²) in [6.07, 6.45) is 0. The van der Waals surface area contributed by atoms with E-state index >= 15 is 0 Å². The maximum absolute atomic E-state index is 0. The van der Waals surface area contributed by atoms with E-state index in [1.54, 1.807) is 0 Å². The summed E-state index contributed by atoms with van der Waals surface area (Å²) in [5.74, 6) is 0. The molecule has 0 atom stereocenters. The molecule has 0 unspecified atom stereocenters. The summed E-state index contributed by atoms with van der Waals surface area (Å²) in [6.45, 7) is 0. The summed E-state index contributed by atoms with van der Waals surface area (Å²) in [5.41, 5.74) is 0. The Morgan fingerprint density at radius 2 is 1.00 bits per heavy atom. The van der Waals surface area contributed by atoms with Crippen LogP contribution in [0.2, 0.25) is 0 Å². The molecule has 0 aliphatic rings. The number of hydrogen-bond donors (Lipinski definition) is 0. The van der Waals surface area contributed by atoms with Crippen molar-refractivity contribution in [2.24, 2.45) is 0 Å². The molecule has 0 aliphatic carbocycles. The molecule has 0 nitrogen and oxygen atoms in total. The second-order valence-corrected chi connectivity index (χ2v) is 0. The molecule has 27 valence electrons. The smallest absolute Gasteiger partial charge is 0 e. The molecule has 4 heavy (non-hydrogen) atoms. The van der Waals surface area contributed by atoms with Gasteiger partial charge >= 0.3 is 0 Å². The van der Waals surface area contributed by atoms with Crippen LogP contribution in [0.4, 0.5) is 0 Å². The van der Waals surface area contributed by atoms with Gasteiger partial charge in [0.15, 0.2) is 0 Å². The van der Waals surface area contributed by atoms with Crippen LogP contribution >= 0.6 is 0 Å². The van der Waals surface area contributed by atoms with Crippen molar-refractivity contribution in [3.8, 4) is 0 Å². The second kappa shape index (κ2) is 21.7. The summed E-state index contributed by atoms with van der Waals surface area (Å²) in [4.78, 5) is 0. The summed E-state index contributed by atoms with van der Waals surface area (Å²) in [5, 5.41) is 0. The zero-order chi connectivity index (χ0) is 0. The fourth-order valence-electron chi connectivity index (χ4n) is 0. The van der Waals surface area contributed by atoms with Crippen LogP contribution < -0.4 is 0 Å².